The van der Waals surface area contributed by atoms with Crippen LogP contribution in [0.15, 0.2) is 30.3 Å². The average molecular weight is 630 g/mol. The number of fused-ring (bicyclic) bond motifs is 1. The lowest BCUT2D eigenvalue weighted by Crippen LogP contribution is -2.17. The van der Waals surface area contributed by atoms with Crippen LogP contribution in [0, 0.1) is 19.8 Å². The number of rotatable bonds is 6. The lowest BCUT2D eigenvalue weighted by Gasteiger charge is -2.13. The Morgan fingerprint density at radius 3 is 2.12 bits per heavy atom. The molecule has 0 bridgehead atoms. The van der Waals surface area contributed by atoms with Gasteiger partial charge in [0.1, 0.15) is 6.29 Å². The standard InChI is InChI=1S/C19H18Cl2F2NP.C7H13NO.C4H10.C2H4O/c1-10-4-5-16(20)15(18(10)21)9-13-8-14-11(2)6-12(19(22,23)25)7-17(14)24(13)3;1-2-7-3-4-8(5-7)6-9;1-3-4-2;1-2-3/h4-8H,9,25H2,1-3H3;6-7H,2-5H2,1H3;3-4H2,1-2H3;2H,1H3. The van der Waals surface area contributed by atoms with Crippen LogP contribution >= 0.6 is 32.4 Å². The fraction of sp³-hybridized carbons (Fsp3) is 0.500. The molecule has 9 heteroatoms. The maximum absolute atomic E-state index is 13.7. The third-order valence-corrected chi connectivity index (χ3v) is 8.35. The molecule has 2 atom stereocenters. The number of hydrogen-bond donors (Lipinski definition) is 0. The number of aldehydes is 1. The second kappa shape index (κ2) is 17.8. The van der Waals surface area contributed by atoms with Gasteiger partial charge in [-0.2, -0.15) is 8.78 Å². The van der Waals surface area contributed by atoms with E-state index in [9.17, 15) is 13.6 Å². The first kappa shape index (κ1) is 37.0. The molecule has 4 rings (SSSR count). The van der Waals surface area contributed by atoms with Crippen molar-refractivity contribution in [3.63, 3.8) is 0 Å². The quantitative estimate of drug-likeness (QED) is 0.201. The molecule has 1 aliphatic rings. The summed E-state index contributed by atoms with van der Waals surface area (Å²) >= 11 is 12.7. The summed E-state index contributed by atoms with van der Waals surface area (Å²) in [7, 11) is 3.47. The molecule has 2 aromatic carbocycles. The number of hydrogen-bond acceptors (Lipinski definition) is 2. The number of benzene rings is 2. The molecular weight excluding hydrogens is 584 g/mol. The highest BCUT2D eigenvalue weighted by molar-refractivity contribution is 7.17. The summed E-state index contributed by atoms with van der Waals surface area (Å²) in [5.41, 5.74) is 1.40. The van der Waals surface area contributed by atoms with Crippen molar-refractivity contribution in [2.45, 2.75) is 79.3 Å². The van der Waals surface area contributed by atoms with Crippen LogP contribution in [-0.2, 0) is 28.7 Å². The van der Waals surface area contributed by atoms with Crippen molar-refractivity contribution < 1.29 is 18.4 Å². The van der Waals surface area contributed by atoms with Gasteiger partial charge in [0.2, 0.25) is 6.41 Å². The van der Waals surface area contributed by atoms with Crippen LogP contribution in [0.25, 0.3) is 10.9 Å². The van der Waals surface area contributed by atoms with Gasteiger partial charge in [-0.3, -0.25) is 4.79 Å². The van der Waals surface area contributed by atoms with Gasteiger partial charge in [0.05, 0.1) is 0 Å². The zero-order chi connectivity index (χ0) is 31.3. The highest BCUT2D eigenvalue weighted by Gasteiger charge is 2.26. The van der Waals surface area contributed by atoms with Crippen molar-refractivity contribution in [1.29, 1.82) is 0 Å². The average Bonchev–Trinajstić information content (AvgIpc) is 3.54. The Kier molecular flexibility index (Phi) is 16.1. The summed E-state index contributed by atoms with van der Waals surface area (Å²) in [4.78, 5) is 20.9. The normalized spacial score (nSPS) is 14.3. The zero-order valence-electron chi connectivity index (χ0n) is 25.4. The van der Waals surface area contributed by atoms with Gasteiger partial charge in [-0.05, 0) is 74.1 Å². The zero-order valence-corrected chi connectivity index (χ0v) is 28.0. The van der Waals surface area contributed by atoms with E-state index in [1.54, 1.807) is 9.24 Å². The first-order valence-electron chi connectivity index (χ1n) is 14.1. The van der Waals surface area contributed by atoms with Gasteiger partial charge >= 0.3 is 0 Å². The Bertz CT molecular complexity index is 1270. The number of nitrogens with zero attached hydrogens (tertiary/aromatic N) is 2. The fourth-order valence-electron chi connectivity index (χ4n) is 4.37. The molecule has 0 radical (unpaired) electrons. The molecule has 1 saturated heterocycles. The number of carbonyl (C=O) groups excluding carboxylic acids is 2. The summed E-state index contributed by atoms with van der Waals surface area (Å²) in [6.45, 7) is 13.7. The van der Waals surface area contributed by atoms with Gasteiger partial charge < -0.3 is 14.3 Å². The topological polar surface area (TPSA) is 42.3 Å². The molecule has 4 nitrogen and oxygen atoms in total. The van der Waals surface area contributed by atoms with Crippen LogP contribution in [0.1, 0.15) is 81.3 Å². The number of likely N-dealkylation sites (tertiary alicyclic amines) is 1. The van der Waals surface area contributed by atoms with Gasteiger partial charge in [0, 0.05) is 58.8 Å². The van der Waals surface area contributed by atoms with Gasteiger partial charge in [0.15, 0.2) is 0 Å². The van der Waals surface area contributed by atoms with Gasteiger partial charge in [0.25, 0.3) is 5.66 Å². The lowest BCUT2D eigenvalue weighted by atomic mass is 10.0. The number of aryl methyl sites for hydroxylation is 3. The molecule has 0 N–H and O–H groups in total. The smallest absolute Gasteiger partial charge is 0.283 e. The first-order chi connectivity index (χ1) is 19.3. The molecule has 41 heavy (non-hydrogen) atoms. The summed E-state index contributed by atoms with van der Waals surface area (Å²) < 4.78 is 29.4. The minimum Gasteiger partial charge on any atom is -0.347 e. The van der Waals surface area contributed by atoms with Crippen LogP contribution < -0.4 is 0 Å². The summed E-state index contributed by atoms with van der Waals surface area (Å²) in [6.07, 6.45) is 7.30. The Balaban J connectivity index is 0.000000431. The maximum atomic E-state index is 13.7. The lowest BCUT2D eigenvalue weighted by molar-refractivity contribution is -0.117. The largest absolute Gasteiger partial charge is 0.347 e. The third-order valence-electron chi connectivity index (χ3n) is 7.13. The summed E-state index contributed by atoms with van der Waals surface area (Å²) in [5, 5.41) is 2.21. The molecule has 1 fully saturated rings. The number of carbonyl (C=O) groups is 2. The van der Waals surface area contributed by atoms with Crippen molar-refractivity contribution in [1.82, 2.24) is 9.47 Å². The Hall–Kier alpha value is -2.01. The summed E-state index contributed by atoms with van der Waals surface area (Å²) in [6, 6.07) is 8.81. The van der Waals surface area contributed by atoms with Crippen molar-refractivity contribution in [2.24, 2.45) is 13.0 Å². The van der Waals surface area contributed by atoms with Crippen molar-refractivity contribution >= 4 is 56.0 Å². The maximum Gasteiger partial charge on any atom is 0.283 e. The van der Waals surface area contributed by atoms with E-state index in [-0.39, 0.29) is 5.56 Å². The minimum absolute atomic E-state index is 0.0122. The van der Waals surface area contributed by atoms with Gasteiger partial charge in [-0.15, -0.1) is 0 Å². The van der Waals surface area contributed by atoms with E-state index in [1.807, 2.05) is 48.6 Å². The molecule has 228 valence electrons. The molecule has 2 unspecified atom stereocenters. The molecule has 1 aliphatic heterocycles. The molecule has 1 aromatic heterocycles. The fourth-order valence-corrected chi connectivity index (χ4v) is 5.05. The van der Waals surface area contributed by atoms with E-state index in [0.717, 1.165) is 65.0 Å². The van der Waals surface area contributed by atoms with Gasteiger partial charge in [-0.25, -0.2) is 0 Å². The van der Waals surface area contributed by atoms with E-state index >= 15 is 0 Å². The number of alkyl halides is 2. The second-order valence-electron chi connectivity index (χ2n) is 10.3. The Labute approximate surface area is 257 Å². The monoisotopic (exact) mass is 628 g/mol. The van der Waals surface area contributed by atoms with Crippen molar-refractivity contribution in [3.8, 4) is 0 Å². The molecule has 0 spiro atoms. The number of halogens is 4. The number of amides is 1. The van der Waals surface area contributed by atoms with E-state index in [4.69, 9.17) is 28.0 Å². The van der Waals surface area contributed by atoms with E-state index in [0.29, 0.717) is 16.5 Å². The SMILES string of the molecule is CC=O.CCC1CCN(C=O)C1.CCCC.Cc1ccc(Cl)c(Cc2cc3c(C)cc(C(F)(F)P)cc3n2C)c1Cl. The second-order valence-corrected chi connectivity index (χ2v) is 11.8. The number of unbranched alkanes of at least 4 members (excludes halogenated alkanes) is 1. The molecule has 2 heterocycles. The third kappa shape index (κ3) is 11.0. The Morgan fingerprint density at radius 1 is 1.05 bits per heavy atom. The number of aromatic nitrogens is 1. The Morgan fingerprint density at radius 2 is 1.66 bits per heavy atom. The molecule has 0 saturated carbocycles. The summed E-state index contributed by atoms with van der Waals surface area (Å²) in [5.74, 6) is 0.773. The van der Waals surface area contributed by atoms with E-state index in [1.165, 1.54) is 44.7 Å². The van der Waals surface area contributed by atoms with Crippen LogP contribution in [0.3, 0.4) is 0 Å². The van der Waals surface area contributed by atoms with Gasteiger partial charge in [-0.1, -0.05) is 78.5 Å². The predicted octanol–water partition coefficient (Wildman–Crippen LogP) is 9.50. The molecule has 1 amide bonds. The minimum atomic E-state index is -2.95. The molecule has 0 aliphatic carbocycles. The van der Waals surface area contributed by atoms with E-state index < -0.39 is 5.66 Å². The first-order valence-corrected chi connectivity index (χ1v) is 15.4. The highest BCUT2D eigenvalue weighted by atomic mass is 35.5. The van der Waals surface area contributed by atoms with Crippen LogP contribution in [-0.4, -0.2) is 35.3 Å². The van der Waals surface area contributed by atoms with Crippen LogP contribution in [0.2, 0.25) is 10.0 Å². The van der Waals surface area contributed by atoms with Crippen molar-refractivity contribution in [3.05, 3.63) is 68.3 Å². The predicted molar refractivity (Wildman–Crippen MR) is 174 cm³/mol. The van der Waals surface area contributed by atoms with Crippen LogP contribution in [0.4, 0.5) is 8.78 Å². The highest BCUT2D eigenvalue weighted by Crippen LogP contribution is 2.38. The van der Waals surface area contributed by atoms with E-state index in [2.05, 4.69) is 20.8 Å². The molecule has 3 aromatic rings. The molecular formula is C32H45Cl2F2N2O2P. The van der Waals surface area contributed by atoms with Crippen molar-refractivity contribution in [2.75, 3.05) is 13.1 Å². The van der Waals surface area contributed by atoms with Crippen LogP contribution in [0.5, 0.6) is 0 Å².